The summed E-state index contributed by atoms with van der Waals surface area (Å²) in [5, 5.41) is 12.5. The first-order chi connectivity index (χ1) is 14.5. The van der Waals surface area contributed by atoms with Crippen molar-refractivity contribution < 1.29 is 14.7 Å². The highest BCUT2D eigenvalue weighted by molar-refractivity contribution is 6.30. The minimum Gasteiger partial charge on any atom is -0.478 e. The third-order valence-electron chi connectivity index (χ3n) is 4.69. The summed E-state index contributed by atoms with van der Waals surface area (Å²) in [4.78, 5) is 28.0. The fourth-order valence-corrected chi connectivity index (χ4v) is 3.38. The van der Waals surface area contributed by atoms with Gasteiger partial charge in [-0.15, -0.1) is 0 Å². The Balaban J connectivity index is 1.44. The van der Waals surface area contributed by atoms with Gasteiger partial charge < -0.3 is 14.8 Å². The number of halogens is 1. The quantitative estimate of drug-likeness (QED) is 0.490. The summed E-state index contributed by atoms with van der Waals surface area (Å²) in [6, 6.07) is 17.6. The van der Waals surface area contributed by atoms with Crippen LogP contribution in [0.2, 0.25) is 5.02 Å². The van der Waals surface area contributed by atoms with Crippen molar-refractivity contribution in [2.45, 2.75) is 13.0 Å². The molecule has 0 radical (unpaired) electrons. The Labute approximate surface area is 177 Å². The molecule has 1 amide bonds. The zero-order valence-electron chi connectivity index (χ0n) is 15.9. The lowest BCUT2D eigenvalue weighted by molar-refractivity contribution is 0.0696. The molecule has 0 unspecified atom stereocenters. The van der Waals surface area contributed by atoms with E-state index in [0.717, 1.165) is 22.5 Å². The van der Waals surface area contributed by atoms with Gasteiger partial charge in [0.15, 0.2) is 0 Å². The molecule has 0 bridgehead atoms. The molecular weight excluding hydrogens is 402 g/mol. The van der Waals surface area contributed by atoms with Gasteiger partial charge in [-0.2, -0.15) is 0 Å². The van der Waals surface area contributed by atoms with E-state index in [0.29, 0.717) is 23.6 Å². The molecule has 0 saturated carbocycles. The van der Waals surface area contributed by atoms with Crippen LogP contribution in [0.3, 0.4) is 0 Å². The highest BCUT2D eigenvalue weighted by atomic mass is 35.5. The molecule has 2 aromatic heterocycles. The topological polar surface area (TPSA) is 83.7 Å². The summed E-state index contributed by atoms with van der Waals surface area (Å²) in [6.07, 6.45) is 4.29. The number of rotatable bonds is 6. The number of hydrogen-bond acceptors (Lipinski definition) is 3. The Kier molecular flexibility index (Phi) is 5.50. The summed E-state index contributed by atoms with van der Waals surface area (Å²) < 4.78 is 1.83. The Morgan fingerprint density at radius 1 is 0.967 bits per heavy atom. The van der Waals surface area contributed by atoms with Crippen LogP contribution in [0.5, 0.6) is 0 Å². The number of nitrogens with one attached hydrogen (secondary N) is 1. The largest absolute Gasteiger partial charge is 0.478 e. The Morgan fingerprint density at radius 2 is 1.73 bits per heavy atom. The van der Waals surface area contributed by atoms with Gasteiger partial charge in [0.05, 0.1) is 16.8 Å². The van der Waals surface area contributed by atoms with E-state index in [2.05, 4.69) is 10.3 Å². The minimum absolute atomic E-state index is 0.212. The zero-order valence-corrected chi connectivity index (χ0v) is 16.6. The zero-order chi connectivity index (χ0) is 21.1. The van der Waals surface area contributed by atoms with Gasteiger partial charge in [0.1, 0.15) is 5.65 Å². The van der Waals surface area contributed by atoms with Crippen molar-refractivity contribution in [3.05, 3.63) is 106 Å². The number of carbonyl (C=O) groups is 2. The van der Waals surface area contributed by atoms with Crippen LogP contribution in [-0.4, -0.2) is 26.4 Å². The van der Waals surface area contributed by atoms with Gasteiger partial charge in [0, 0.05) is 30.4 Å². The van der Waals surface area contributed by atoms with E-state index in [1.165, 1.54) is 12.1 Å². The van der Waals surface area contributed by atoms with Gasteiger partial charge in [-0.25, -0.2) is 9.78 Å². The van der Waals surface area contributed by atoms with Gasteiger partial charge in [0.25, 0.3) is 5.91 Å². The number of carboxylic acids is 1. The molecule has 2 N–H and O–H groups in total. The molecule has 7 heteroatoms. The lowest BCUT2D eigenvalue weighted by Crippen LogP contribution is -2.23. The normalized spacial score (nSPS) is 10.8. The smallest absolute Gasteiger partial charge is 0.335 e. The molecule has 0 atom stereocenters. The molecule has 2 aromatic carbocycles. The Hall–Kier alpha value is -3.64. The second-order valence-corrected chi connectivity index (χ2v) is 7.34. The maximum atomic E-state index is 12.5. The van der Waals surface area contributed by atoms with Crippen molar-refractivity contribution >= 4 is 29.1 Å². The van der Waals surface area contributed by atoms with Gasteiger partial charge in [-0.05, 0) is 47.5 Å². The number of pyridine rings is 1. The highest BCUT2D eigenvalue weighted by Gasteiger charge is 2.09. The first kappa shape index (κ1) is 19.7. The van der Waals surface area contributed by atoms with Crippen LogP contribution in [0.15, 0.2) is 73.1 Å². The summed E-state index contributed by atoms with van der Waals surface area (Å²) in [5.74, 6) is -1.20. The molecular formula is C23H18ClN3O3. The van der Waals surface area contributed by atoms with Crippen LogP contribution in [0, 0.1) is 0 Å². The van der Waals surface area contributed by atoms with Crippen molar-refractivity contribution in [3.63, 3.8) is 0 Å². The van der Waals surface area contributed by atoms with Crippen molar-refractivity contribution in [2.75, 3.05) is 0 Å². The maximum Gasteiger partial charge on any atom is 0.335 e. The Bertz CT molecular complexity index is 1230. The van der Waals surface area contributed by atoms with Crippen molar-refractivity contribution in [3.8, 4) is 0 Å². The average Bonchev–Trinajstić information content (AvgIpc) is 3.13. The van der Waals surface area contributed by atoms with Crippen molar-refractivity contribution in [1.82, 2.24) is 14.7 Å². The van der Waals surface area contributed by atoms with Crippen LogP contribution in [-0.2, 0) is 13.0 Å². The lowest BCUT2D eigenvalue weighted by Gasteiger charge is -2.06. The van der Waals surface area contributed by atoms with E-state index in [4.69, 9.17) is 16.7 Å². The summed E-state index contributed by atoms with van der Waals surface area (Å²) in [7, 11) is 0. The third-order valence-corrected chi connectivity index (χ3v) is 4.93. The molecule has 150 valence electrons. The number of imidazole rings is 1. The Morgan fingerprint density at radius 3 is 2.47 bits per heavy atom. The maximum absolute atomic E-state index is 12.5. The molecule has 0 aliphatic heterocycles. The molecule has 0 spiro atoms. The molecule has 4 rings (SSSR count). The number of benzene rings is 2. The molecule has 0 aliphatic rings. The average molecular weight is 420 g/mol. The minimum atomic E-state index is -0.978. The van der Waals surface area contributed by atoms with Gasteiger partial charge in [-0.3, -0.25) is 4.79 Å². The third kappa shape index (κ3) is 4.50. The monoisotopic (exact) mass is 419 g/mol. The van der Waals surface area contributed by atoms with Crippen LogP contribution in [0.1, 0.15) is 37.5 Å². The van der Waals surface area contributed by atoms with Crippen molar-refractivity contribution in [1.29, 1.82) is 0 Å². The number of aromatic carboxylic acids is 1. The fourth-order valence-electron chi connectivity index (χ4n) is 3.17. The number of aromatic nitrogens is 2. The number of hydrogen-bond donors (Lipinski definition) is 2. The van der Waals surface area contributed by atoms with Crippen LogP contribution < -0.4 is 5.32 Å². The molecule has 0 aliphatic carbocycles. The fraction of sp³-hybridized carbons (Fsp3) is 0.0870. The lowest BCUT2D eigenvalue weighted by atomic mass is 10.1. The molecule has 30 heavy (non-hydrogen) atoms. The summed E-state index contributed by atoms with van der Waals surface area (Å²) in [5.41, 5.74) is 4.25. The van der Waals surface area contributed by atoms with E-state index in [-0.39, 0.29) is 11.5 Å². The molecule has 2 heterocycles. The van der Waals surface area contributed by atoms with E-state index < -0.39 is 5.97 Å². The molecule has 0 saturated heterocycles. The first-order valence-corrected chi connectivity index (χ1v) is 9.68. The summed E-state index contributed by atoms with van der Waals surface area (Å²) >= 11 is 6.04. The molecule has 6 nitrogen and oxygen atoms in total. The van der Waals surface area contributed by atoms with Crippen LogP contribution in [0.25, 0.3) is 5.65 Å². The van der Waals surface area contributed by atoms with Crippen LogP contribution >= 0.6 is 11.6 Å². The van der Waals surface area contributed by atoms with Crippen molar-refractivity contribution in [2.24, 2.45) is 0 Å². The highest BCUT2D eigenvalue weighted by Crippen LogP contribution is 2.16. The predicted molar refractivity (Wildman–Crippen MR) is 114 cm³/mol. The molecule has 4 aromatic rings. The predicted octanol–water partition coefficient (Wildman–Crippen LogP) is 4.21. The number of carbonyl (C=O) groups excluding carboxylic acids is 1. The van der Waals surface area contributed by atoms with E-state index in [1.807, 2.05) is 34.9 Å². The number of nitrogens with zero attached hydrogens (tertiary/aromatic N) is 2. The number of fused-ring (bicyclic) bond motifs is 1. The van der Waals surface area contributed by atoms with Gasteiger partial charge in [0.2, 0.25) is 0 Å². The number of amides is 1. The molecule has 0 fully saturated rings. The SMILES string of the molecule is O=C(O)c1ccc(CNC(=O)c2ccc3nc(Cc4cccc(Cl)c4)cn3c2)cc1. The first-order valence-electron chi connectivity index (χ1n) is 9.30. The summed E-state index contributed by atoms with van der Waals surface area (Å²) in [6.45, 7) is 0.306. The van der Waals surface area contributed by atoms with Gasteiger partial charge >= 0.3 is 5.97 Å². The van der Waals surface area contributed by atoms with E-state index in [9.17, 15) is 9.59 Å². The van der Waals surface area contributed by atoms with Crippen LogP contribution in [0.4, 0.5) is 0 Å². The second-order valence-electron chi connectivity index (χ2n) is 6.91. The van der Waals surface area contributed by atoms with E-state index in [1.54, 1.807) is 30.5 Å². The van der Waals surface area contributed by atoms with Gasteiger partial charge in [-0.1, -0.05) is 35.9 Å². The second kappa shape index (κ2) is 8.39. The standard InChI is InChI=1S/C23H18ClN3O3/c24-19-3-1-2-16(10-19)11-20-14-27-13-18(8-9-21(27)26-20)22(28)25-12-15-4-6-17(7-5-15)23(29)30/h1-10,13-14H,11-12H2,(H,25,28)(H,29,30). The van der Waals surface area contributed by atoms with E-state index >= 15 is 0 Å². The number of carboxylic acid groups (broad SMARTS) is 1.